The van der Waals surface area contributed by atoms with Crippen LogP contribution >= 0.6 is 0 Å². The number of anilines is 1. The molecule has 0 spiro atoms. The molecule has 10 nitrogen and oxygen atoms in total. The number of nitroso groups, excluding NO2 is 1. The van der Waals surface area contributed by atoms with Crippen molar-refractivity contribution >= 4 is 23.0 Å². The number of hydrogen-bond acceptors (Lipinski definition) is 8. The van der Waals surface area contributed by atoms with Crippen LogP contribution in [0.5, 0.6) is 0 Å². The van der Waals surface area contributed by atoms with Crippen molar-refractivity contribution in [1.82, 2.24) is 0 Å². The Labute approximate surface area is 118 Å². The fourth-order valence-electron chi connectivity index (χ4n) is 1.83. The van der Waals surface area contributed by atoms with E-state index < -0.39 is 22.2 Å². The van der Waals surface area contributed by atoms with Crippen molar-refractivity contribution in [3.05, 3.63) is 32.7 Å². The molecule has 21 heavy (non-hydrogen) atoms. The Bertz CT molecular complexity index is 556. The average Bonchev–Trinajstić information content (AvgIpc) is 2.45. The summed E-state index contributed by atoms with van der Waals surface area (Å²) < 4.78 is 0. The molecule has 0 atom stereocenters. The number of nitro benzene ring substituents is 1. The smallest absolute Gasteiger partial charge is 0.294 e. The first-order valence-electron chi connectivity index (χ1n) is 5.88. The molecule has 1 aromatic rings. The third-order valence-corrected chi connectivity index (χ3v) is 2.73. The van der Waals surface area contributed by atoms with Crippen LogP contribution in [-0.2, 0) is 0 Å². The van der Waals surface area contributed by atoms with Crippen LogP contribution in [0, 0.1) is 15.0 Å². The zero-order valence-electron chi connectivity index (χ0n) is 10.9. The van der Waals surface area contributed by atoms with Gasteiger partial charge in [0.15, 0.2) is 0 Å². The van der Waals surface area contributed by atoms with Gasteiger partial charge in [0.25, 0.3) is 11.6 Å². The van der Waals surface area contributed by atoms with Gasteiger partial charge < -0.3 is 20.8 Å². The highest BCUT2D eigenvalue weighted by molar-refractivity contribution is 6.00. The summed E-state index contributed by atoms with van der Waals surface area (Å²) in [5.74, 6) is -0.964. The number of rotatable bonds is 8. The third kappa shape index (κ3) is 3.70. The number of benzene rings is 1. The van der Waals surface area contributed by atoms with Crippen molar-refractivity contribution in [2.45, 2.75) is 0 Å². The van der Waals surface area contributed by atoms with Gasteiger partial charge in [-0.15, -0.1) is 4.91 Å². The van der Waals surface area contributed by atoms with E-state index in [-0.39, 0.29) is 37.6 Å². The maximum Gasteiger partial charge on any atom is 0.294 e. The lowest BCUT2D eigenvalue weighted by Crippen LogP contribution is -2.30. The zero-order chi connectivity index (χ0) is 16.0. The Hall–Kier alpha value is -2.59. The number of primary amides is 1. The normalized spacial score (nSPS) is 10.2. The second kappa shape index (κ2) is 7.26. The lowest BCUT2D eigenvalue weighted by Gasteiger charge is -2.23. The quantitative estimate of drug-likeness (QED) is 0.342. The Morgan fingerprint density at radius 3 is 2.29 bits per heavy atom. The molecular weight excluding hydrogens is 284 g/mol. The number of nitrogens with zero attached hydrogens (tertiary/aromatic N) is 3. The van der Waals surface area contributed by atoms with Gasteiger partial charge in [0, 0.05) is 19.2 Å². The van der Waals surface area contributed by atoms with Crippen molar-refractivity contribution in [1.29, 1.82) is 0 Å². The molecule has 4 N–H and O–H groups in total. The van der Waals surface area contributed by atoms with E-state index >= 15 is 0 Å². The van der Waals surface area contributed by atoms with Crippen LogP contribution in [-0.4, -0.2) is 47.3 Å². The molecule has 0 aliphatic heterocycles. The Morgan fingerprint density at radius 2 is 1.90 bits per heavy atom. The van der Waals surface area contributed by atoms with Gasteiger partial charge in [-0.2, -0.15) is 0 Å². The molecule has 114 valence electrons. The van der Waals surface area contributed by atoms with Crippen molar-refractivity contribution in [2.24, 2.45) is 10.9 Å². The first kappa shape index (κ1) is 16.5. The van der Waals surface area contributed by atoms with Crippen LogP contribution < -0.4 is 10.6 Å². The van der Waals surface area contributed by atoms with E-state index in [9.17, 15) is 19.8 Å². The fraction of sp³-hybridized carbons (Fsp3) is 0.364. The highest BCUT2D eigenvalue weighted by Gasteiger charge is 2.24. The molecule has 0 aromatic heterocycles. The van der Waals surface area contributed by atoms with E-state index in [0.717, 1.165) is 12.1 Å². The fourth-order valence-corrected chi connectivity index (χ4v) is 1.83. The highest BCUT2D eigenvalue weighted by Crippen LogP contribution is 2.35. The topological polar surface area (TPSA) is 159 Å². The zero-order valence-corrected chi connectivity index (χ0v) is 10.9. The summed E-state index contributed by atoms with van der Waals surface area (Å²) in [6.45, 7) is -0.658. The van der Waals surface area contributed by atoms with Gasteiger partial charge in [0.05, 0.1) is 23.7 Å². The molecule has 0 aliphatic rings. The summed E-state index contributed by atoms with van der Waals surface area (Å²) in [5.41, 5.74) is 3.88. The maximum atomic E-state index is 11.3. The van der Waals surface area contributed by atoms with E-state index in [1.54, 1.807) is 0 Å². The van der Waals surface area contributed by atoms with Crippen LogP contribution in [0.25, 0.3) is 0 Å². The molecule has 0 radical (unpaired) electrons. The number of aliphatic hydroxyl groups is 2. The van der Waals surface area contributed by atoms with Crippen LogP contribution in [0.2, 0.25) is 0 Å². The number of aliphatic hydroxyl groups excluding tert-OH is 2. The van der Waals surface area contributed by atoms with Crippen LogP contribution in [0.1, 0.15) is 10.4 Å². The summed E-state index contributed by atoms with van der Waals surface area (Å²) in [6.07, 6.45) is 0. The summed E-state index contributed by atoms with van der Waals surface area (Å²) in [4.78, 5) is 33.6. The first-order chi connectivity index (χ1) is 9.96. The van der Waals surface area contributed by atoms with Crippen LogP contribution in [0.4, 0.5) is 17.1 Å². The highest BCUT2D eigenvalue weighted by atomic mass is 16.6. The number of amides is 1. The molecular formula is C11H14N4O6. The Balaban J connectivity index is 3.51. The molecule has 1 rings (SSSR count). The summed E-state index contributed by atoms with van der Waals surface area (Å²) >= 11 is 0. The minimum absolute atomic E-state index is 0.00648. The van der Waals surface area contributed by atoms with Gasteiger partial charge in [0.2, 0.25) is 0 Å². The van der Waals surface area contributed by atoms with E-state index in [2.05, 4.69) is 5.18 Å². The second-order valence-corrected chi connectivity index (χ2v) is 4.00. The van der Waals surface area contributed by atoms with Gasteiger partial charge >= 0.3 is 0 Å². The van der Waals surface area contributed by atoms with Crippen molar-refractivity contribution in [3.8, 4) is 0 Å². The molecule has 0 heterocycles. The molecule has 0 saturated heterocycles. The average molecular weight is 298 g/mol. The molecule has 0 unspecified atom stereocenters. The molecule has 1 aromatic carbocycles. The van der Waals surface area contributed by atoms with Gasteiger partial charge in [-0.05, 0) is 11.2 Å². The van der Waals surface area contributed by atoms with E-state index in [1.165, 1.54) is 4.90 Å². The minimum atomic E-state index is -0.964. The maximum absolute atomic E-state index is 11.3. The number of carbonyl (C=O) groups is 1. The number of hydrogen-bond donors (Lipinski definition) is 3. The predicted molar refractivity (Wildman–Crippen MR) is 73.5 cm³/mol. The number of nitro groups is 1. The van der Waals surface area contributed by atoms with Gasteiger partial charge in [-0.3, -0.25) is 14.9 Å². The van der Waals surface area contributed by atoms with Crippen LogP contribution in [0.15, 0.2) is 17.3 Å². The minimum Gasteiger partial charge on any atom is -0.395 e. The first-order valence-corrected chi connectivity index (χ1v) is 5.88. The SMILES string of the molecule is NC(=O)c1cc(N(CCO)CCO)c([N+](=O)[O-])cc1N=O. The van der Waals surface area contributed by atoms with E-state index in [4.69, 9.17) is 15.9 Å². The van der Waals surface area contributed by atoms with Crippen molar-refractivity contribution in [2.75, 3.05) is 31.2 Å². The van der Waals surface area contributed by atoms with E-state index in [1.807, 2.05) is 0 Å². The van der Waals surface area contributed by atoms with Gasteiger partial charge in [-0.25, -0.2) is 0 Å². The Morgan fingerprint density at radius 1 is 1.33 bits per heavy atom. The predicted octanol–water partition coefficient (Wildman–Crippen LogP) is -0.117. The molecule has 0 bridgehead atoms. The van der Waals surface area contributed by atoms with Crippen molar-refractivity contribution in [3.63, 3.8) is 0 Å². The lowest BCUT2D eigenvalue weighted by atomic mass is 10.1. The third-order valence-electron chi connectivity index (χ3n) is 2.73. The largest absolute Gasteiger partial charge is 0.395 e. The van der Waals surface area contributed by atoms with Crippen molar-refractivity contribution < 1.29 is 19.9 Å². The standard InChI is InChI=1S/C11H14N4O6/c12-11(18)7-5-9(14(1-3-16)2-4-17)10(15(20)21)6-8(7)13-19/h5-6,16-17H,1-4H2,(H2,12,18). The molecule has 1 amide bonds. The summed E-state index contributed by atoms with van der Waals surface area (Å²) in [7, 11) is 0. The number of carbonyl (C=O) groups excluding carboxylic acids is 1. The second-order valence-electron chi connectivity index (χ2n) is 4.00. The Kier molecular flexibility index (Phi) is 5.69. The van der Waals surface area contributed by atoms with E-state index in [0.29, 0.717) is 0 Å². The van der Waals surface area contributed by atoms with Gasteiger partial charge in [0.1, 0.15) is 11.4 Å². The number of nitrogens with two attached hydrogens (primary N) is 1. The molecule has 10 heteroatoms. The van der Waals surface area contributed by atoms with Crippen LogP contribution in [0.3, 0.4) is 0 Å². The molecule has 0 aliphatic carbocycles. The molecule has 0 saturated carbocycles. The lowest BCUT2D eigenvalue weighted by molar-refractivity contribution is -0.384. The summed E-state index contributed by atoms with van der Waals surface area (Å²) in [5, 5.41) is 31.6. The molecule has 0 fully saturated rings. The van der Waals surface area contributed by atoms with Gasteiger partial charge in [-0.1, -0.05) is 0 Å². The monoisotopic (exact) mass is 298 g/mol. The summed E-state index contributed by atoms with van der Waals surface area (Å²) in [6, 6.07) is 1.90.